The number of carbonyl (C=O) groups is 2. The second kappa shape index (κ2) is 8.75. The fourth-order valence-corrected chi connectivity index (χ4v) is 5.07. The van der Waals surface area contributed by atoms with E-state index in [4.69, 9.17) is 4.74 Å². The van der Waals surface area contributed by atoms with Gasteiger partial charge in [-0.25, -0.2) is 0 Å². The molecule has 0 bridgehead atoms. The van der Waals surface area contributed by atoms with Gasteiger partial charge in [-0.15, -0.1) is 0 Å². The van der Waals surface area contributed by atoms with Gasteiger partial charge in [0, 0.05) is 0 Å². The Morgan fingerprint density at radius 3 is 2.19 bits per heavy atom. The predicted molar refractivity (Wildman–Crippen MR) is 103 cm³/mol. The summed E-state index contributed by atoms with van der Waals surface area (Å²) in [5.41, 5.74) is 0.0759. The van der Waals surface area contributed by atoms with Gasteiger partial charge in [-0.2, -0.15) is 0 Å². The SMILES string of the molecule is CC1CCC(C(CC(C)(C)C)OC(=O)C2CCCCC2C(=O)O)C(C)C1. The van der Waals surface area contributed by atoms with Crippen LogP contribution in [0.15, 0.2) is 0 Å². The summed E-state index contributed by atoms with van der Waals surface area (Å²) in [5, 5.41) is 9.49. The summed E-state index contributed by atoms with van der Waals surface area (Å²) in [4.78, 5) is 24.5. The number of ether oxygens (including phenoxy) is 1. The molecular weight excluding hydrogens is 328 g/mol. The maximum absolute atomic E-state index is 12.9. The molecule has 6 unspecified atom stereocenters. The van der Waals surface area contributed by atoms with Gasteiger partial charge in [-0.3, -0.25) is 9.59 Å². The van der Waals surface area contributed by atoms with Gasteiger partial charge >= 0.3 is 11.9 Å². The number of carboxylic acids is 1. The molecule has 0 radical (unpaired) electrons. The van der Waals surface area contributed by atoms with Crippen molar-refractivity contribution < 1.29 is 19.4 Å². The van der Waals surface area contributed by atoms with Crippen molar-refractivity contribution in [2.75, 3.05) is 0 Å². The first-order valence-corrected chi connectivity index (χ1v) is 10.5. The van der Waals surface area contributed by atoms with Gasteiger partial charge in [0.05, 0.1) is 11.8 Å². The number of rotatable bonds is 5. The minimum absolute atomic E-state index is 0.0759. The Bertz CT molecular complexity index is 493. The van der Waals surface area contributed by atoms with E-state index in [-0.39, 0.29) is 17.5 Å². The van der Waals surface area contributed by atoms with Crippen molar-refractivity contribution in [3.63, 3.8) is 0 Å². The van der Waals surface area contributed by atoms with Crippen LogP contribution in [0.25, 0.3) is 0 Å². The van der Waals surface area contributed by atoms with Gasteiger partial charge in [0.25, 0.3) is 0 Å². The van der Waals surface area contributed by atoms with E-state index in [2.05, 4.69) is 34.6 Å². The molecule has 1 N–H and O–H groups in total. The van der Waals surface area contributed by atoms with Crippen molar-refractivity contribution in [1.29, 1.82) is 0 Å². The molecule has 2 rings (SSSR count). The highest BCUT2D eigenvalue weighted by Gasteiger charge is 2.41. The molecule has 2 fully saturated rings. The second-order valence-corrected chi connectivity index (χ2v) is 10.1. The van der Waals surface area contributed by atoms with E-state index in [1.54, 1.807) is 0 Å². The smallest absolute Gasteiger partial charge is 0.310 e. The van der Waals surface area contributed by atoms with E-state index >= 15 is 0 Å². The molecule has 2 aliphatic carbocycles. The number of hydrogen-bond acceptors (Lipinski definition) is 3. The summed E-state index contributed by atoms with van der Waals surface area (Å²) in [7, 11) is 0. The minimum Gasteiger partial charge on any atom is -0.481 e. The highest BCUT2D eigenvalue weighted by molar-refractivity contribution is 5.81. The standard InChI is InChI=1S/C22H38O4/c1-14-10-11-16(15(2)12-14)19(13-22(3,4)5)26-21(25)18-9-7-6-8-17(18)20(23)24/h14-19H,6-13H2,1-5H3,(H,23,24). The number of hydrogen-bond donors (Lipinski definition) is 1. The molecule has 4 heteroatoms. The molecular formula is C22H38O4. The molecule has 150 valence electrons. The largest absolute Gasteiger partial charge is 0.481 e. The zero-order valence-electron chi connectivity index (χ0n) is 17.3. The molecule has 0 heterocycles. The molecule has 2 aliphatic rings. The van der Waals surface area contributed by atoms with Gasteiger partial charge in [-0.1, -0.05) is 53.9 Å². The third kappa shape index (κ3) is 5.72. The van der Waals surface area contributed by atoms with E-state index < -0.39 is 17.8 Å². The highest BCUT2D eigenvalue weighted by atomic mass is 16.5. The Balaban J connectivity index is 2.12. The molecule has 0 aliphatic heterocycles. The molecule has 0 amide bonds. The number of carboxylic acid groups (broad SMARTS) is 1. The van der Waals surface area contributed by atoms with Crippen molar-refractivity contribution >= 4 is 11.9 Å². The lowest BCUT2D eigenvalue weighted by Gasteiger charge is -2.40. The molecule has 0 aromatic heterocycles. The summed E-state index contributed by atoms with van der Waals surface area (Å²) in [6.45, 7) is 11.1. The lowest BCUT2D eigenvalue weighted by Crippen LogP contribution is -2.41. The van der Waals surface area contributed by atoms with Gasteiger partial charge in [0.2, 0.25) is 0 Å². The summed E-state index contributed by atoms with van der Waals surface area (Å²) in [6.07, 6.45) is 7.27. The van der Waals surface area contributed by atoms with E-state index in [9.17, 15) is 14.7 Å². The Morgan fingerprint density at radius 2 is 1.65 bits per heavy atom. The van der Waals surface area contributed by atoms with Crippen LogP contribution in [0.2, 0.25) is 0 Å². The van der Waals surface area contributed by atoms with E-state index in [0.717, 1.165) is 31.6 Å². The van der Waals surface area contributed by atoms with E-state index in [1.165, 1.54) is 12.8 Å². The zero-order chi connectivity index (χ0) is 19.5. The lowest BCUT2D eigenvalue weighted by molar-refractivity contribution is -0.169. The van der Waals surface area contributed by atoms with Crippen LogP contribution in [0.5, 0.6) is 0 Å². The average Bonchev–Trinajstić information content (AvgIpc) is 2.52. The molecule has 2 saturated carbocycles. The van der Waals surface area contributed by atoms with Gasteiger partial charge < -0.3 is 9.84 Å². The molecule has 0 aromatic carbocycles. The van der Waals surface area contributed by atoms with Gasteiger partial charge in [0.15, 0.2) is 0 Å². The number of carbonyl (C=O) groups excluding carboxylic acids is 1. The van der Waals surface area contributed by atoms with Gasteiger partial charge in [0.1, 0.15) is 6.10 Å². The fourth-order valence-electron chi connectivity index (χ4n) is 5.07. The topological polar surface area (TPSA) is 63.6 Å². The normalized spacial score (nSPS) is 34.1. The van der Waals surface area contributed by atoms with Crippen LogP contribution in [0.1, 0.15) is 86.0 Å². The molecule has 0 spiro atoms. The maximum atomic E-state index is 12.9. The van der Waals surface area contributed by atoms with E-state index in [1.807, 2.05) is 0 Å². The van der Waals surface area contributed by atoms with Crippen LogP contribution in [-0.2, 0) is 14.3 Å². The first-order chi connectivity index (χ1) is 12.1. The number of esters is 1. The van der Waals surface area contributed by atoms with Gasteiger partial charge in [-0.05, 0) is 55.3 Å². The van der Waals surface area contributed by atoms with Crippen molar-refractivity contribution in [3.05, 3.63) is 0 Å². The Labute approximate surface area is 159 Å². The van der Waals surface area contributed by atoms with Crippen LogP contribution in [0.3, 0.4) is 0 Å². The maximum Gasteiger partial charge on any atom is 0.310 e. The summed E-state index contributed by atoms with van der Waals surface area (Å²) in [5.74, 6) is -0.489. The third-order valence-corrected chi connectivity index (χ3v) is 6.44. The van der Waals surface area contributed by atoms with Crippen LogP contribution in [-0.4, -0.2) is 23.1 Å². The third-order valence-electron chi connectivity index (χ3n) is 6.44. The van der Waals surface area contributed by atoms with Crippen molar-refractivity contribution in [2.24, 2.45) is 35.0 Å². The molecule has 0 saturated heterocycles. The Hall–Kier alpha value is -1.06. The summed E-state index contributed by atoms with van der Waals surface area (Å²) in [6, 6.07) is 0. The zero-order valence-corrected chi connectivity index (χ0v) is 17.3. The molecule has 26 heavy (non-hydrogen) atoms. The average molecular weight is 367 g/mol. The van der Waals surface area contributed by atoms with Crippen LogP contribution < -0.4 is 0 Å². The highest BCUT2D eigenvalue weighted by Crippen LogP contribution is 2.41. The summed E-state index contributed by atoms with van der Waals surface area (Å²) >= 11 is 0. The predicted octanol–water partition coefficient (Wildman–Crippen LogP) is 5.30. The van der Waals surface area contributed by atoms with Crippen molar-refractivity contribution in [2.45, 2.75) is 92.1 Å². The van der Waals surface area contributed by atoms with Crippen molar-refractivity contribution in [1.82, 2.24) is 0 Å². The minimum atomic E-state index is -0.848. The quantitative estimate of drug-likeness (QED) is 0.671. The monoisotopic (exact) mass is 366 g/mol. The Morgan fingerprint density at radius 1 is 1.04 bits per heavy atom. The van der Waals surface area contributed by atoms with Crippen LogP contribution in [0, 0.1) is 35.0 Å². The number of aliphatic carboxylic acids is 1. The van der Waals surface area contributed by atoms with E-state index in [0.29, 0.717) is 24.7 Å². The second-order valence-electron chi connectivity index (χ2n) is 10.1. The fraction of sp³-hybridized carbons (Fsp3) is 0.909. The first kappa shape index (κ1) is 21.2. The lowest BCUT2D eigenvalue weighted by atomic mass is 9.70. The van der Waals surface area contributed by atoms with Crippen molar-refractivity contribution in [3.8, 4) is 0 Å². The molecule has 0 aromatic rings. The molecule has 6 atom stereocenters. The first-order valence-electron chi connectivity index (χ1n) is 10.5. The summed E-state index contributed by atoms with van der Waals surface area (Å²) < 4.78 is 6.09. The molecule has 4 nitrogen and oxygen atoms in total. The Kier molecular flexibility index (Phi) is 7.15. The van der Waals surface area contributed by atoms with Crippen LogP contribution >= 0.6 is 0 Å². The van der Waals surface area contributed by atoms with Crippen LogP contribution in [0.4, 0.5) is 0 Å².